The Kier molecular flexibility index (Phi) is 4.15. The molecule has 0 aromatic heterocycles. The van der Waals surface area contributed by atoms with Gasteiger partial charge in [0.05, 0.1) is 0 Å². The topological polar surface area (TPSA) is 41.1 Å². The highest BCUT2D eigenvalue weighted by Crippen LogP contribution is 2.68. The lowest BCUT2D eigenvalue weighted by atomic mass is 10.0. The summed E-state index contributed by atoms with van der Waals surface area (Å²) in [6.07, 6.45) is 2.14. The van der Waals surface area contributed by atoms with Crippen LogP contribution in [-0.4, -0.2) is 25.0 Å². The summed E-state index contributed by atoms with van der Waals surface area (Å²) in [5, 5.41) is 6.53. The normalized spacial score (nSPS) is 27.1. The van der Waals surface area contributed by atoms with Crippen molar-refractivity contribution in [3.8, 4) is 0 Å². The van der Waals surface area contributed by atoms with E-state index in [1.807, 2.05) is 0 Å². The Hall–Kier alpha value is -0.280. The van der Waals surface area contributed by atoms with Crippen LogP contribution in [0.1, 0.15) is 40.5 Å². The first kappa shape index (κ1) is 14.8. The van der Waals surface area contributed by atoms with Crippen molar-refractivity contribution in [2.45, 2.75) is 46.6 Å². The number of amides is 1. The molecule has 1 saturated carbocycles. The van der Waals surface area contributed by atoms with Crippen molar-refractivity contribution in [2.24, 2.45) is 16.7 Å². The maximum Gasteiger partial charge on any atom is 0.224 e. The first-order valence-electron chi connectivity index (χ1n) is 6.38. The van der Waals surface area contributed by atoms with Crippen molar-refractivity contribution < 1.29 is 4.79 Å². The van der Waals surface area contributed by atoms with Gasteiger partial charge in [0.1, 0.15) is 0 Å². The average molecular weight is 261 g/mol. The van der Waals surface area contributed by atoms with E-state index in [0.29, 0.717) is 6.04 Å². The van der Waals surface area contributed by atoms with Gasteiger partial charge in [-0.1, -0.05) is 27.7 Å². The molecule has 0 spiro atoms. The fraction of sp³-hybridized carbons (Fsp3) is 0.923. The number of carbonyl (C=O) groups excluding carboxylic acids is 1. The first-order valence-corrected chi connectivity index (χ1v) is 6.38. The van der Waals surface area contributed by atoms with E-state index in [4.69, 9.17) is 0 Å². The maximum absolute atomic E-state index is 12.2. The lowest BCUT2D eigenvalue weighted by Crippen LogP contribution is -2.43. The fourth-order valence-corrected chi connectivity index (χ4v) is 3.10. The zero-order valence-corrected chi connectivity index (χ0v) is 12.1. The lowest BCUT2D eigenvalue weighted by molar-refractivity contribution is -0.124. The van der Waals surface area contributed by atoms with Gasteiger partial charge in [0.2, 0.25) is 5.91 Å². The molecule has 1 amide bonds. The number of nitrogens with one attached hydrogen (secondary N) is 2. The van der Waals surface area contributed by atoms with Gasteiger partial charge in [-0.05, 0) is 36.8 Å². The van der Waals surface area contributed by atoms with E-state index in [1.165, 1.54) is 0 Å². The Bertz CT molecular complexity index is 282. The summed E-state index contributed by atoms with van der Waals surface area (Å²) >= 11 is 0. The van der Waals surface area contributed by atoms with Crippen LogP contribution in [0.4, 0.5) is 0 Å². The second-order valence-electron chi connectivity index (χ2n) is 6.41. The summed E-state index contributed by atoms with van der Waals surface area (Å²) < 4.78 is 0. The van der Waals surface area contributed by atoms with Gasteiger partial charge in [0.15, 0.2) is 0 Å². The summed E-state index contributed by atoms with van der Waals surface area (Å²) in [6, 6.07) is 0.390. The summed E-state index contributed by atoms with van der Waals surface area (Å²) in [5.41, 5.74) is 0.313. The van der Waals surface area contributed by atoms with Crippen molar-refractivity contribution in [1.29, 1.82) is 0 Å². The van der Waals surface area contributed by atoms with E-state index < -0.39 is 0 Å². The second-order valence-corrected chi connectivity index (χ2v) is 6.41. The van der Waals surface area contributed by atoms with E-state index in [2.05, 4.69) is 38.3 Å². The number of hydrogen-bond acceptors (Lipinski definition) is 2. The molecule has 0 unspecified atom stereocenters. The van der Waals surface area contributed by atoms with Gasteiger partial charge >= 0.3 is 0 Å². The molecule has 0 aromatic rings. The molecule has 0 aromatic carbocycles. The third-order valence-corrected chi connectivity index (χ3v) is 4.97. The van der Waals surface area contributed by atoms with Crippen molar-refractivity contribution in [1.82, 2.24) is 10.6 Å². The zero-order chi connectivity index (χ0) is 12.0. The van der Waals surface area contributed by atoms with E-state index in [1.54, 1.807) is 0 Å². The molecule has 1 heterocycles. The highest BCUT2D eigenvalue weighted by atomic mass is 35.5. The first-order chi connectivity index (χ1) is 7.37. The Morgan fingerprint density at radius 1 is 1.12 bits per heavy atom. The summed E-state index contributed by atoms with van der Waals surface area (Å²) in [7, 11) is 0. The van der Waals surface area contributed by atoms with Gasteiger partial charge in [-0.25, -0.2) is 0 Å². The summed E-state index contributed by atoms with van der Waals surface area (Å²) in [4.78, 5) is 12.2. The van der Waals surface area contributed by atoms with Crippen LogP contribution in [-0.2, 0) is 4.79 Å². The molecule has 2 N–H and O–H groups in total. The number of hydrogen-bond donors (Lipinski definition) is 2. The molecule has 4 heteroatoms. The standard InChI is InChI=1S/C13H24N2O.ClH/c1-12(2)10(13(12,3)4)11(16)15-9-5-7-14-8-6-9;/h9-10,14H,5-8H2,1-4H3,(H,15,16);1H. The molecule has 2 fully saturated rings. The molecule has 0 radical (unpaired) electrons. The molecule has 2 aliphatic rings. The number of rotatable bonds is 2. The average Bonchev–Trinajstić information content (AvgIpc) is 2.58. The second kappa shape index (κ2) is 4.77. The SMILES string of the molecule is CC1(C)C(C(=O)NC2CCNCC2)C1(C)C.Cl. The highest BCUT2D eigenvalue weighted by molar-refractivity contribution is 5.85. The van der Waals surface area contributed by atoms with Crippen molar-refractivity contribution in [3.05, 3.63) is 0 Å². The zero-order valence-electron chi connectivity index (χ0n) is 11.3. The molecule has 100 valence electrons. The Morgan fingerprint density at radius 2 is 1.59 bits per heavy atom. The Morgan fingerprint density at radius 3 is 2.00 bits per heavy atom. The van der Waals surface area contributed by atoms with Crippen LogP contribution < -0.4 is 10.6 Å². The number of carbonyl (C=O) groups is 1. The predicted molar refractivity (Wildman–Crippen MR) is 72.3 cm³/mol. The van der Waals surface area contributed by atoms with Crippen LogP contribution in [0.15, 0.2) is 0 Å². The van der Waals surface area contributed by atoms with Gasteiger partial charge in [0, 0.05) is 12.0 Å². The Labute approximate surface area is 111 Å². The summed E-state index contributed by atoms with van der Waals surface area (Å²) in [5.74, 6) is 0.455. The third kappa shape index (κ3) is 2.45. The summed E-state index contributed by atoms with van der Waals surface area (Å²) in [6.45, 7) is 10.8. The smallest absolute Gasteiger partial charge is 0.224 e. The number of halogens is 1. The van der Waals surface area contributed by atoms with Gasteiger partial charge in [-0.15, -0.1) is 12.4 Å². The van der Waals surface area contributed by atoms with Gasteiger partial charge < -0.3 is 10.6 Å². The molecule has 1 aliphatic carbocycles. The monoisotopic (exact) mass is 260 g/mol. The molecule has 0 atom stereocenters. The molecular weight excluding hydrogens is 236 g/mol. The quantitative estimate of drug-likeness (QED) is 0.797. The van der Waals surface area contributed by atoms with Gasteiger partial charge in [-0.2, -0.15) is 0 Å². The predicted octanol–water partition coefficient (Wildman–Crippen LogP) is 1.96. The molecule has 0 bridgehead atoms. The minimum atomic E-state index is 0. The van der Waals surface area contributed by atoms with Crippen LogP contribution in [0.3, 0.4) is 0 Å². The van der Waals surface area contributed by atoms with Crippen LogP contribution >= 0.6 is 12.4 Å². The van der Waals surface area contributed by atoms with Gasteiger partial charge in [-0.3, -0.25) is 4.79 Å². The molecule has 1 saturated heterocycles. The van der Waals surface area contributed by atoms with Crippen molar-refractivity contribution in [3.63, 3.8) is 0 Å². The number of piperidine rings is 1. The molecule has 2 rings (SSSR count). The highest BCUT2D eigenvalue weighted by Gasteiger charge is 2.68. The van der Waals surface area contributed by atoms with E-state index in [9.17, 15) is 4.79 Å². The minimum absolute atomic E-state index is 0. The third-order valence-electron chi connectivity index (χ3n) is 4.97. The molecular formula is C13H25ClN2O. The molecule has 1 aliphatic heterocycles. The maximum atomic E-state index is 12.2. The van der Waals surface area contributed by atoms with Crippen molar-refractivity contribution in [2.75, 3.05) is 13.1 Å². The van der Waals surface area contributed by atoms with Gasteiger partial charge in [0.25, 0.3) is 0 Å². The fourth-order valence-electron chi connectivity index (χ4n) is 3.10. The van der Waals surface area contributed by atoms with Crippen LogP contribution in [0.2, 0.25) is 0 Å². The largest absolute Gasteiger partial charge is 0.353 e. The van der Waals surface area contributed by atoms with E-state index >= 15 is 0 Å². The molecule has 3 nitrogen and oxygen atoms in total. The van der Waals surface area contributed by atoms with Crippen LogP contribution in [0, 0.1) is 16.7 Å². The van der Waals surface area contributed by atoms with Crippen LogP contribution in [0.25, 0.3) is 0 Å². The van der Waals surface area contributed by atoms with Crippen LogP contribution in [0.5, 0.6) is 0 Å². The van der Waals surface area contributed by atoms with E-state index in [0.717, 1.165) is 25.9 Å². The molecule has 17 heavy (non-hydrogen) atoms. The Balaban J connectivity index is 0.00000144. The lowest BCUT2D eigenvalue weighted by Gasteiger charge is -2.24. The van der Waals surface area contributed by atoms with E-state index in [-0.39, 0.29) is 35.1 Å². The minimum Gasteiger partial charge on any atom is -0.353 e. The van der Waals surface area contributed by atoms with Crippen molar-refractivity contribution >= 4 is 18.3 Å².